The second kappa shape index (κ2) is 6.89. The Balaban J connectivity index is 1.39. The summed E-state index contributed by atoms with van der Waals surface area (Å²) in [5.74, 6) is 0.370. The van der Waals surface area contributed by atoms with E-state index in [4.69, 9.17) is 8.83 Å². The Morgan fingerprint density at radius 2 is 2.07 bits per heavy atom. The highest BCUT2D eigenvalue weighted by atomic mass is 16.3. The second-order valence-electron chi connectivity index (χ2n) is 7.78. The van der Waals surface area contributed by atoms with Crippen LogP contribution < -0.4 is 5.32 Å². The molecule has 1 aromatic carbocycles. The van der Waals surface area contributed by atoms with E-state index in [2.05, 4.69) is 10.2 Å². The van der Waals surface area contributed by atoms with Crippen molar-refractivity contribution in [1.29, 1.82) is 0 Å². The molecule has 2 aliphatic rings. The second-order valence-corrected chi connectivity index (χ2v) is 7.78. The highest BCUT2D eigenvalue weighted by Crippen LogP contribution is 2.39. The van der Waals surface area contributed by atoms with Gasteiger partial charge >= 0.3 is 0 Å². The maximum atomic E-state index is 12.3. The van der Waals surface area contributed by atoms with Crippen molar-refractivity contribution in [2.45, 2.75) is 44.1 Å². The van der Waals surface area contributed by atoms with Crippen molar-refractivity contribution in [2.24, 2.45) is 0 Å². The van der Waals surface area contributed by atoms with Crippen molar-refractivity contribution in [3.63, 3.8) is 0 Å². The molecule has 140 valence electrons. The molecule has 5 heteroatoms. The molecular weight excluding hydrogens is 340 g/mol. The number of anilines is 1. The van der Waals surface area contributed by atoms with E-state index in [-0.39, 0.29) is 5.91 Å². The number of amides is 1. The van der Waals surface area contributed by atoms with Crippen LogP contribution in [0, 0.1) is 0 Å². The van der Waals surface area contributed by atoms with Gasteiger partial charge in [-0.25, -0.2) is 0 Å². The van der Waals surface area contributed by atoms with Crippen LogP contribution in [0.3, 0.4) is 0 Å². The van der Waals surface area contributed by atoms with Gasteiger partial charge in [-0.2, -0.15) is 0 Å². The Kier molecular flexibility index (Phi) is 4.24. The number of piperidine rings is 2. The third-order valence-corrected chi connectivity index (χ3v) is 6.15. The SMILES string of the molecule is O=C(Nc1ccc2occ(C3CCN4CCCCC4C3)c2c1)c1ccoc1. The Labute approximate surface area is 158 Å². The zero-order valence-corrected chi connectivity index (χ0v) is 15.3. The Hall–Kier alpha value is -2.53. The van der Waals surface area contributed by atoms with Crippen LogP contribution in [0.25, 0.3) is 11.0 Å². The summed E-state index contributed by atoms with van der Waals surface area (Å²) < 4.78 is 10.8. The summed E-state index contributed by atoms with van der Waals surface area (Å²) in [5.41, 5.74) is 3.48. The Morgan fingerprint density at radius 3 is 2.96 bits per heavy atom. The average molecular weight is 364 g/mol. The van der Waals surface area contributed by atoms with E-state index in [1.807, 2.05) is 24.5 Å². The quantitative estimate of drug-likeness (QED) is 0.710. The fourth-order valence-corrected chi connectivity index (χ4v) is 4.71. The molecule has 27 heavy (non-hydrogen) atoms. The lowest BCUT2D eigenvalue weighted by Gasteiger charge is -2.42. The van der Waals surface area contributed by atoms with Crippen molar-refractivity contribution in [3.05, 3.63) is 54.2 Å². The third-order valence-electron chi connectivity index (χ3n) is 6.15. The number of nitrogens with one attached hydrogen (secondary N) is 1. The van der Waals surface area contributed by atoms with Gasteiger partial charge in [-0.1, -0.05) is 6.42 Å². The summed E-state index contributed by atoms with van der Waals surface area (Å²) in [6.07, 6.45) is 11.3. The van der Waals surface area contributed by atoms with Crippen LogP contribution >= 0.6 is 0 Å². The van der Waals surface area contributed by atoms with Gasteiger partial charge in [-0.15, -0.1) is 0 Å². The Morgan fingerprint density at radius 1 is 1.11 bits per heavy atom. The molecule has 4 heterocycles. The number of nitrogens with zero attached hydrogens (tertiary/aromatic N) is 1. The number of carbonyl (C=O) groups is 1. The molecule has 2 unspecified atom stereocenters. The van der Waals surface area contributed by atoms with Crippen molar-refractivity contribution in [1.82, 2.24) is 4.90 Å². The molecule has 1 amide bonds. The van der Waals surface area contributed by atoms with Gasteiger partial charge in [-0.05, 0) is 69.0 Å². The zero-order valence-electron chi connectivity index (χ0n) is 15.3. The fourth-order valence-electron chi connectivity index (χ4n) is 4.71. The molecule has 5 nitrogen and oxygen atoms in total. The number of fused-ring (bicyclic) bond motifs is 2. The van der Waals surface area contributed by atoms with Crippen LogP contribution in [0.5, 0.6) is 0 Å². The van der Waals surface area contributed by atoms with Gasteiger partial charge in [0, 0.05) is 22.7 Å². The molecule has 3 aromatic rings. The standard InChI is InChI=1S/C22H24N2O3/c25-22(16-7-10-26-13-16)23-17-4-5-21-19(12-17)20(14-27-21)15-6-9-24-8-2-1-3-18(24)11-15/h4-5,7,10,12-15,18H,1-3,6,8-9,11H2,(H,23,25). The van der Waals surface area contributed by atoms with Crippen LogP contribution in [0.15, 0.2) is 51.9 Å². The molecule has 0 bridgehead atoms. The molecular formula is C22H24N2O3. The third kappa shape index (κ3) is 3.16. The molecule has 2 aliphatic heterocycles. The monoisotopic (exact) mass is 364 g/mol. The first-order valence-corrected chi connectivity index (χ1v) is 9.87. The molecule has 2 atom stereocenters. The summed E-state index contributed by atoms with van der Waals surface area (Å²) in [6, 6.07) is 8.25. The summed E-state index contributed by atoms with van der Waals surface area (Å²) in [5, 5.41) is 4.07. The molecule has 0 radical (unpaired) electrons. The van der Waals surface area contributed by atoms with Gasteiger partial charge < -0.3 is 19.1 Å². The van der Waals surface area contributed by atoms with Crippen LogP contribution in [-0.2, 0) is 0 Å². The van der Waals surface area contributed by atoms with Crippen LogP contribution in [0.2, 0.25) is 0 Å². The smallest absolute Gasteiger partial charge is 0.258 e. The van der Waals surface area contributed by atoms with E-state index in [9.17, 15) is 4.79 Å². The van der Waals surface area contributed by atoms with E-state index in [1.165, 1.54) is 63.3 Å². The van der Waals surface area contributed by atoms with Crippen molar-refractivity contribution in [2.75, 3.05) is 18.4 Å². The molecule has 2 saturated heterocycles. The van der Waals surface area contributed by atoms with Crippen LogP contribution in [0.1, 0.15) is 53.9 Å². The van der Waals surface area contributed by atoms with Crippen LogP contribution in [-0.4, -0.2) is 29.9 Å². The number of carbonyl (C=O) groups excluding carboxylic acids is 1. The largest absolute Gasteiger partial charge is 0.472 e. The van der Waals surface area contributed by atoms with Gasteiger partial charge in [0.25, 0.3) is 5.91 Å². The maximum absolute atomic E-state index is 12.3. The number of benzene rings is 1. The van der Waals surface area contributed by atoms with E-state index >= 15 is 0 Å². The van der Waals surface area contributed by atoms with Crippen LogP contribution in [0.4, 0.5) is 5.69 Å². The van der Waals surface area contributed by atoms with E-state index in [1.54, 1.807) is 6.07 Å². The number of hydrogen-bond acceptors (Lipinski definition) is 4. The molecule has 5 rings (SSSR count). The first kappa shape index (κ1) is 16.6. The molecule has 1 N–H and O–H groups in total. The summed E-state index contributed by atoms with van der Waals surface area (Å²) in [7, 11) is 0. The predicted octanol–water partition coefficient (Wildman–Crippen LogP) is 5.01. The molecule has 0 saturated carbocycles. The van der Waals surface area contributed by atoms with E-state index < -0.39 is 0 Å². The lowest BCUT2D eigenvalue weighted by Crippen LogP contribution is -2.44. The minimum Gasteiger partial charge on any atom is -0.472 e. The fraction of sp³-hybridized carbons (Fsp3) is 0.409. The first-order valence-electron chi connectivity index (χ1n) is 9.87. The maximum Gasteiger partial charge on any atom is 0.258 e. The van der Waals surface area contributed by atoms with Gasteiger partial charge in [0.1, 0.15) is 11.8 Å². The predicted molar refractivity (Wildman–Crippen MR) is 104 cm³/mol. The average Bonchev–Trinajstić information content (AvgIpc) is 3.37. The number of furan rings is 2. The van der Waals surface area contributed by atoms with Crippen molar-refractivity contribution in [3.8, 4) is 0 Å². The first-order chi connectivity index (χ1) is 13.3. The van der Waals surface area contributed by atoms with E-state index in [0.717, 1.165) is 16.7 Å². The Bertz CT molecular complexity index is 944. The van der Waals surface area contributed by atoms with Gasteiger partial charge in [0.15, 0.2) is 0 Å². The van der Waals surface area contributed by atoms with Crippen molar-refractivity contribution < 1.29 is 13.6 Å². The minimum absolute atomic E-state index is 0.163. The van der Waals surface area contributed by atoms with Gasteiger partial charge in [0.2, 0.25) is 0 Å². The lowest BCUT2D eigenvalue weighted by atomic mass is 9.82. The summed E-state index contributed by atoms with van der Waals surface area (Å²) in [6.45, 7) is 2.44. The zero-order chi connectivity index (χ0) is 18.2. The summed E-state index contributed by atoms with van der Waals surface area (Å²) >= 11 is 0. The topological polar surface area (TPSA) is 58.6 Å². The molecule has 2 aromatic heterocycles. The molecule has 2 fully saturated rings. The van der Waals surface area contributed by atoms with E-state index in [0.29, 0.717) is 17.5 Å². The van der Waals surface area contributed by atoms with Gasteiger partial charge in [0.05, 0.1) is 18.1 Å². The highest BCUT2D eigenvalue weighted by Gasteiger charge is 2.32. The normalized spacial score (nSPS) is 23.3. The van der Waals surface area contributed by atoms with Crippen molar-refractivity contribution >= 4 is 22.6 Å². The molecule has 0 aliphatic carbocycles. The lowest BCUT2D eigenvalue weighted by molar-refractivity contribution is 0.0975. The number of rotatable bonds is 3. The van der Waals surface area contributed by atoms with Gasteiger partial charge in [-0.3, -0.25) is 4.79 Å². The highest BCUT2D eigenvalue weighted by molar-refractivity contribution is 6.04. The summed E-state index contributed by atoms with van der Waals surface area (Å²) in [4.78, 5) is 15.0. The molecule has 0 spiro atoms. The minimum atomic E-state index is -0.163. The number of hydrogen-bond donors (Lipinski definition) is 1.